The van der Waals surface area contributed by atoms with E-state index in [0.29, 0.717) is 0 Å². The summed E-state index contributed by atoms with van der Waals surface area (Å²) >= 11 is 0. The van der Waals surface area contributed by atoms with Crippen LogP contribution in [0.15, 0.2) is 24.3 Å². The third-order valence-corrected chi connectivity index (χ3v) is 3.71. The van der Waals surface area contributed by atoms with Gasteiger partial charge < -0.3 is 5.32 Å². The summed E-state index contributed by atoms with van der Waals surface area (Å²) in [6.45, 7) is 10.8. The zero-order chi connectivity index (χ0) is 14.9. The van der Waals surface area contributed by atoms with Crippen molar-refractivity contribution in [2.24, 2.45) is 0 Å². The molecule has 4 heteroatoms. The van der Waals surface area contributed by atoms with E-state index in [0.717, 1.165) is 17.1 Å². The molecule has 0 amide bonds. The highest BCUT2D eigenvalue weighted by Crippen LogP contribution is 2.29. The number of para-hydroxylation sites is 1. The summed E-state index contributed by atoms with van der Waals surface area (Å²) < 4.78 is 1.95. The van der Waals surface area contributed by atoms with Crippen molar-refractivity contribution in [3.63, 3.8) is 0 Å². The Bertz CT molecular complexity index is 593. The summed E-state index contributed by atoms with van der Waals surface area (Å²) in [7, 11) is 1.94. The molecule has 0 aliphatic rings. The molecule has 1 N–H and O–H groups in total. The van der Waals surface area contributed by atoms with Crippen LogP contribution < -0.4 is 5.32 Å². The van der Waals surface area contributed by atoms with Gasteiger partial charge in [-0.2, -0.15) is 0 Å². The molecule has 0 aliphatic carbocycles. The van der Waals surface area contributed by atoms with Gasteiger partial charge in [-0.25, -0.2) is 4.68 Å². The van der Waals surface area contributed by atoms with Gasteiger partial charge in [-0.15, -0.1) is 5.10 Å². The SMILES string of the molecule is CNC(C)c1nnn(-c2ccccc2C(C)(C)C)c1C. The Balaban J connectivity index is 2.56. The molecule has 0 bridgehead atoms. The van der Waals surface area contributed by atoms with Crippen molar-refractivity contribution in [3.8, 4) is 5.69 Å². The topological polar surface area (TPSA) is 42.7 Å². The summed E-state index contributed by atoms with van der Waals surface area (Å²) in [4.78, 5) is 0. The molecule has 0 saturated heterocycles. The molecule has 0 spiro atoms. The lowest BCUT2D eigenvalue weighted by Gasteiger charge is -2.23. The van der Waals surface area contributed by atoms with Crippen molar-refractivity contribution in [1.82, 2.24) is 20.3 Å². The van der Waals surface area contributed by atoms with Crippen molar-refractivity contribution in [3.05, 3.63) is 41.2 Å². The Hall–Kier alpha value is -1.68. The van der Waals surface area contributed by atoms with Gasteiger partial charge in [-0.1, -0.05) is 44.2 Å². The Morgan fingerprint density at radius 2 is 1.85 bits per heavy atom. The monoisotopic (exact) mass is 272 g/mol. The highest BCUT2D eigenvalue weighted by molar-refractivity contribution is 5.45. The van der Waals surface area contributed by atoms with E-state index in [1.165, 1.54) is 5.56 Å². The maximum atomic E-state index is 4.36. The third kappa shape index (κ3) is 2.61. The number of rotatable bonds is 3. The maximum absolute atomic E-state index is 4.36. The van der Waals surface area contributed by atoms with Crippen LogP contribution in [0.25, 0.3) is 5.69 Å². The molecule has 1 unspecified atom stereocenters. The van der Waals surface area contributed by atoms with Crippen LogP contribution >= 0.6 is 0 Å². The van der Waals surface area contributed by atoms with E-state index in [-0.39, 0.29) is 11.5 Å². The molecule has 1 aromatic heterocycles. The molecular formula is C16H24N4. The molecule has 1 aromatic carbocycles. The molecule has 4 nitrogen and oxygen atoms in total. The van der Waals surface area contributed by atoms with Crippen LogP contribution in [0.1, 0.15) is 50.7 Å². The van der Waals surface area contributed by atoms with Crippen molar-refractivity contribution in [2.75, 3.05) is 7.05 Å². The maximum Gasteiger partial charge on any atom is 0.103 e. The van der Waals surface area contributed by atoms with Crippen molar-refractivity contribution < 1.29 is 0 Å². The van der Waals surface area contributed by atoms with Crippen molar-refractivity contribution in [2.45, 2.75) is 46.1 Å². The number of aromatic nitrogens is 3. The molecule has 2 aromatic rings. The number of nitrogens with zero attached hydrogens (tertiary/aromatic N) is 3. The minimum absolute atomic E-state index is 0.0732. The standard InChI is InChI=1S/C16H24N4/c1-11(17-6)15-12(2)20(19-18-15)14-10-8-7-9-13(14)16(3,4)5/h7-11,17H,1-6H3. The number of hydrogen-bond acceptors (Lipinski definition) is 3. The average Bonchev–Trinajstić information content (AvgIpc) is 2.78. The second kappa shape index (κ2) is 5.37. The van der Waals surface area contributed by atoms with Gasteiger partial charge in [0.1, 0.15) is 5.69 Å². The van der Waals surface area contributed by atoms with Crippen LogP contribution in [0.3, 0.4) is 0 Å². The molecule has 108 valence electrons. The third-order valence-electron chi connectivity index (χ3n) is 3.71. The molecule has 2 rings (SSSR count). The molecule has 0 aliphatic heterocycles. The van der Waals surface area contributed by atoms with Gasteiger partial charge in [0.15, 0.2) is 0 Å². The van der Waals surface area contributed by atoms with Crippen LogP contribution in [0.5, 0.6) is 0 Å². The molecule has 0 saturated carbocycles. The second-order valence-electron chi connectivity index (χ2n) is 6.25. The lowest BCUT2D eigenvalue weighted by molar-refractivity contribution is 0.581. The Labute approximate surface area is 121 Å². The summed E-state index contributed by atoms with van der Waals surface area (Å²) in [5.41, 5.74) is 4.54. The van der Waals surface area contributed by atoms with Gasteiger partial charge >= 0.3 is 0 Å². The van der Waals surface area contributed by atoms with Crippen LogP contribution in [-0.2, 0) is 5.41 Å². The smallest absolute Gasteiger partial charge is 0.103 e. The zero-order valence-corrected chi connectivity index (χ0v) is 13.2. The van der Waals surface area contributed by atoms with Gasteiger partial charge in [0.25, 0.3) is 0 Å². The second-order valence-corrected chi connectivity index (χ2v) is 6.25. The minimum atomic E-state index is 0.0732. The Morgan fingerprint density at radius 1 is 1.20 bits per heavy atom. The van der Waals surface area contributed by atoms with Crippen molar-refractivity contribution in [1.29, 1.82) is 0 Å². The molecule has 0 fully saturated rings. The predicted molar refractivity (Wildman–Crippen MR) is 82.3 cm³/mol. The fourth-order valence-electron chi connectivity index (χ4n) is 2.40. The molecule has 1 heterocycles. The predicted octanol–water partition coefficient (Wildman–Crippen LogP) is 3.15. The molecule has 20 heavy (non-hydrogen) atoms. The van der Waals surface area contributed by atoms with Gasteiger partial charge in [-0.05, 0) is 37.9 Å². The summed E-state index contributed by atoms with van der Waals surface area (Å²) in [6, 6.07) is 8.60. The first kappa shape index (κ1) is 14.7. The first-order valence-electron chi connectivity index (χ1n) is 7.05. The van der Waals surface area contributed by atoms with E-state index in [9.17, 15) is 0 Å². The summed E-state index contributed by atoms with van der Waals surface area (Å²) in [6.07, 6.45) is 0. The van der Waals surface area contributed by atoms with Crippen LogP contribution in [0.2, 0.25) is 0 Å². The number of benzene rings is 1. The fraction of sp³-hybridized carbons (Fsp3) is 0.500. The van der Waals surface area contributed by atoms with Crippen molar-refractivity contribution >= 4 is 0 Å². The fourth-order valence-corrected chi connectivity index (χ4v) is 2.40. The molecular weight excluding hydrogens is 248 g/mol. The highest BCUT2D eigenvalue weighted by Gasteiger charge is 2.21. The lowest BCUT2D eigenvalue weighted by atomic mass is 9.86. The summed E-state index contributed by atoms with van der Waals surface area (Å²) in [5, 5.41) is 11.9. The van der Waals surface area contributed by atoms with Gasteiger partial charge in [-0.3, -0.25) is 0 Å². The van der Waals surface area contributed by atoms with E-state index < -0.39 is 0 Å². The largest absolute Gasteiger partial charge is 0.312 e. The van der Waals surface area contributed by atoms with Crippen LogP contribution in [-0.4, -0.2) is 22.0 Å². The normalized spacial score (nSPS) is 13.5. The quantitative estimate of drug-likeness (QED) is 0.933. The van der Waals surface area contributed by atoms with Crippen LogP contribution in [0, 0.1) is 6.92 Å². The van der Waals surface area contributed by atoms with Crippen LogP contribution in [0.4, 0.5) is 0 Å². The van der Waals surface area contributed by atoms with Gasteiger partial charge in [0.2, 0.25) is 0 Å². The Kier molecular flexibility index (Phi) is 3.95. The van der Waals surface area contributed by atoms with E-state index in [1.54, 1.807) is 0 Å². The molecule has 0 radical (unpaired) electrons. The number of hydrogen-bond donors (Lipinski definition) is 1. The van der Waals surface area contributed by atoms with E-state index >= 15 is 0 Å². The first-order valence-corrected chi connectivity index (χ1v) is 7.05. The Morgan fingerprint density at radius 3 is 2.45 bits per heavy atom. The number of nitrogens with one attached hydrogen (secondary N) is 1. The van der Waals surface area contributed by atoms with E-state index in [4.69, 9.17) is 0 Å². The lowest BCUT2D eigenvalue weighted by Crippen LogP contribution is -2.17. The summed E-state index contributed by atoms with van der Waals surface area (Å²) in [5.74, 6) is 0. The van der Waals surface area contributed by atoms with E-state index in [1.807, 2.05) is 17.8 Å². The highest BCUT2D eigenvalue weighted by atomic mass is 15.4. The average molecular weight is 272 g/mol. The zero-order valence-electron chi connectivity index (χ0n) is 13.2. The first-order chi connectivity index (χ1) is 9.36. The minimum Gasteiger partial charge on any atom is -0.312 e. The van der Waals surface area contributed by atoms with E-state index in [2.05, 4.69) is 68.4 Å². The molecule has 1 atom stereocenters. The van der Waals surface area contributed by atoms with Gasteiger partial charge in [0, 0.05) is 0 Å². The van der Waals surface area contributed by atoms with Gasteiger partial charge in [0.05, 0.1) is 17.4 Å².